The molecule has 5 nitrogen and oxygen atoms in total. The van der Waals surface area contributed by atoms with Crippen molar-refractivity contribution in [3.8, 4) is 5.69 Å². The summed E-state index contributed by atoms with van der Waals surface area (Å²) >= 11 is 1.35. The Morgan fingerprint density at radius 3 is 2.47 bits per heavy atom. The molecule has 0 amide bonds. The van der Waals surface area contributed by atoms with Gasteiger partial charge in [0.25, 0.3) is 0 Å². The van der Waals surface area contributed by atoms with Gasteiger partial charge < -0.3 is 4.90 Å². The first-order valence-electron chi connectivity index (χ1n) is 5.08. The third kappa shape index (κ3) is 2.21. The fourth-order valence-corrected chi connectivity index (χ4v) is 2.04. The van der Waals surface area contributed by atoms with E-state index in [4.69, 9.17) is 4.52 Å². The highest BCUT2D eigenvalue weighted by molar-refractivity contribution is 7.98. The van der Waals surface area contributed by atoms with Crippen LogP contribution in [0, 0.1) is 0 Å². The molecule has 0 atom stereocenters. The van der Waals surface area contributed by atoms with Gasteiger partial charge in [-0.25, -0.2) is 4.79 Å². The molecule has 0 unspecified atom stereocenters. The van der Waals surface area contributed by atoms with Gasteiger partial charge in [-0.2, -0.15) is 0 Å². The highest BCUT2D eigenvalue weighted by atomic mass is 32.2. The van der Waals surface area contributed by atoms with Crippen LogP contribution in [0.2, 0.25) is 0 Å². The second kappa shape index (κ2) is 4.67. The molecule has 0 bridgehead atoms. The molecule has 2 aromatic rings. The van der Waals surface area contributed by atoms with E-state index in [2.05, 4.69) is 5.27 Å². The molecule has 0 radical (unpaired) electrons. The molecule has 17 heavy (non-hydrogen) atoms. The van der Waals surface area contributed by atoms with Crippen LogP contribution in [0.15, 0.2) is 38.6 Å². The molecule has 90 valence electrons. The monoisotopic (exact) mass is 252 g/mol. The van der Waals surface area contributed by atoms with Crippen molar-refractivity contribution in [3.05, 3.63) is 34.7 Å². The zero-order valence-corrected chi connectivity index (χ0v) is 10.7. The molecule has 1 heterocycles. The van der Waals surface area contributed by atoms with E-state index in [1.54, 1.807) is 4.68 Å². The Morgan fingerprint density at radius 1 is 1.29 bits per heavy atom. The summed E-state index contributed by atoms with van der Waals surface area (Å²) in [7, 11) is 3.96. The molecule has 0 saturated heterocycles. The lowest BCUT2D eigenvalue weighted by Gasteiger charge is -2.10. The van der Waals surface area contributed by atoms with Crippen LogP contribution < -0.4 is 15.2 Å². The predicted molar refractivity (Wildman–Crippen MR) is 67.0 cm³/mol. The number of aromatic amines is 1. The molecule has 0 aliphatic carbocycles. The first-order chi connectivity index (χ1) is 8.13. The van der Waals surface area contributed by atoms with Crippen molar-refractivity contribution in [1.29, 1.82) is 0 Å². The lowest BCUT2D eigenvalue weighted by Crippen LogP contribution is -2.35. The average molecular weight is 252 g/mol. The van der Waals surface area contributed by atoms with E-state index in [0.29, 0.717) is 5.03 Å². The maximum absolute atomic E-state index is 11.4. The minimum Gasteiger partial charge on any atom is -0.378 e. The average Bonchev–Trinajstić information content (AvgIpc) is 2.70. The summed E-state index contributed by atoms with van der Waals surface area (Å²) in [6.07, 6.45) is 1.84. The predicted octanol–water partition coefficient (Wildman–Crippen LogP) is 1.03. The lowest BCUT2D eigenvalue weighted by molar-refractivity contribution is -0.704. The number of hydrogen-bond donors (Lipinski definition) is 1. The molecule has 1 aromatic heterocycles. The van der Waals surface area contributed by atoms with Crippen LogP contribution in [-0.2, 0) is 0 Å². The van der Waals surface area contributed by atoms with Crippen molar-refractivity contribution >= 4 is 17.4 Å². The lowest BCUT2D eigenvalue weighted by atomic mass is 10.2. The Bertz CT molecular complexity index is 557. The van der Waals surface area contributed by atoms with Gasteiger partial charge in [-0.15, -0.1) is 0 Å². The smallest absolute Gasteiger partial charge is 0.378 e. The van der Waals surface area contributed by atoms with Gasteiger partial charge in [-0.1, -0.05) is 0 Å². The largest absolute Gasteiger partial charge is 0.442 e. The molecule has 0 spiro atoms. The van der Waals surface area contributed by atoms with Crippen molar-refractivity contribution in [3.63, 3.8) is 0 Å². The Balaban J connectivity index is 2.43. The van der Waals surface area contributed by atoms with Crippen LogP contribution in [0.5, 0.6) is 0 Å². The van der Waals surface area contributed by atoms with Gasteiger partial charge in [-0.3, -0.25) is 4.52 Å². The standard InChI is InChI=1S/C11H13N3O2S/c1-13(2)8-4-6-9(7-5-8)14-10(17-3)11(15)16-12-14/h4-7H,1-3H3/p+1. The highest BCUT2D eigenvalue weighted by Gasteiger charge is 2.21. The summed E-state index contributed by atoms with van der Waals surface area (Å²) in [5, 5.41) is 3.11. The van der Waals surface area contributed by atoms with Gasteiger partial charge in [0.15, 0.2) is 0 Å². The number of rotatable bonds is 3. The Morgan fingerprint density at radius 2 is 1.94 bits per heavy atom. The molecule has 0 saturated carbocycles. The maximum atomic E-state index is 11.4. The van der Waals surface area contributed by atoms with Crippen LogP contribution in [-0.4, -0.2) is 25.6 Å². The summed E-state index contributed by atoms with van der Waals surface area (Å²) in [4.78, 5) is 13.4. The number of thioether (sulfide) groups is 1. The number of anilines is 1. The van der Waals surface area contributed by atoms with E-state index < -0.39 is 0 Å². The van der Waals surface area contributed by atoms with Gasteiger partial charge in [0.1, 0.15) is 0 Å². The van der Waals surface area contributed by atoms with Gasteiger partial charge in [0.2, 0.25) is 5.69 Å². The quantitative estimate of drug-likeness (QED) is 0.655. The zero-order valence-electron chi connectivity index (χ0n) is 9.93. The van der Waals surface area contributed by atoms with Crippen LogP contribution in [0.1, 0.15) is 0 Å². The van der Waals surface area contributed by atoms with Crippen molar-refractivity contribution in [1.82, 2.24) is 5.27 Å². The van der Waals surface area contributed by atoms with E-state index in [1.165, 1.54) is 11.8 Å². The topological polar surface area (TPSA) is 53.1 Å². The highest BCUT2D eigenvalue weighted by Crippen LogP contribution is 2.13. The number of hydrogen-bond acceptors (Lipinski definition) is 4. The summed E-state index contributed by atoms with van der Waals surface area (Å²) in [6, 6.07) is 7.83. The van der Waals surface area contributed by atoms with E-state index in [1.807, 2.05) is 49.5 Å². The van der Waals surface area contributed by atoms with Crippen LogP contribution in [0.3, 0.4) is 0 Å². The fraction of sp³-hybridized carbons (Fsp3) is 0.273. The molecule has 0 aliphatic heterocycles. The number of aromatic nitrogens is 2. The summed E-state index contributed by atoms with van der Waals surface area (Å²) in [6.45, 7) is 0. The van der Waals surface area contributed by atoms with Crippen LogP contribution >= 0.6 is 11.8 Å². The van der Waals surface area contributed by atoms with Gasteiger partial charge in [0.05, 0.1) is 0 Å². The Kier molecular flexibility index (Phi) is 3.23. The number of nitrogens with zero attached hydrogens (tertiary/aromatic N) is 2. The number of H-pyrrole nitrogens is 1. The van der Waals surface area contributed by atoms with E-state index in [9.17, 15) is 4.79 Å². The SMILES string of the molecule is CSc1c(=O)o[nH][n+]1-c1ccc(N(C)C)cc1. The Labute approximate surface area is 103 Å². The van der Waals surface area contributed by atoms with Crippen molar-refractivity contribution < 1.29 is 9.20 Å². The minimum atomic E-state index is -0.353. The summed E-state index contributed by atoms with van der Waals surface area (Å²) < 4.78 is 6.40. The summed E-state index contributed by atoms with van der Waals surface area (Å²) in [5.41, 5.74) is 1.62. The minimum absolute atomic E-state index is 0.353. The van der Waals surface area contributed by atoms with Crippen molar-refractivity contribution in [2.45, 2.75) is 5.03 Å². The molecule has 0 aliphatic rings. The van der Waals surface area contributed by atoms with E-state index in [0.717, 1.165) is 11.4 Å². The van der Waals surface area contributed by atoms with Crippen LogP contribution in [0.25, 0.3) is 5.69 Å². The Hall–Kier alpha value is -1.69. The maximum Gasteiger partial charge on any atom is 0.442 e. The molecule has 2 rings (SSSR count). The third-order valence-electron chi connectivity index (χ3n) is 2.42. The number of benzene rings is 1. The number of nitrogens with one attached hydrogen (secondary N) is 1. The van der Waals surface area contributed by atoms with Crippen molar-refractivity contribution in [2.24, 2.45) is 0 Å². The van der Waals surface area contributed by atoms with Gasteiger partial charge in [-0.05, 0) is 40.1 Å². The third-order valence-corrected chi connectivity index (χ3v) is 3.16. The molecule has 1 N–H and O–H groups in total. The van der Waals surface area contributed by atoms with Gasteiger partial charge >= 0.3 is 10.7 Å². The van der Waals surface area contributed by atoms with Crippen LogP contribution in [0.4, 0.5) is 5.69 Å². The first kappa shape index (κ1) is 11.8. The fourth-order valence-electron chi connectivity index (χ4n) is 1.51. The molecule has 0 fully saturated rings. The normalized spacial score (nSPS) is 10.5. The van der Waals surface area contributed by atoms with Crippen molar-refractivity contribution in [2.75, 3.05) is 25.3 Å². The molecular weight excluding hydrogens is 238 g/mol. The first-order valence-corrected chi connectivity index (χ1v) is 6.31. The molecular formula is C11H14N3O2S+. The van der Waals surface area contributed by atoms with E-state index >= 15 is 0 Å². The zero-order chi connectivity index (χ0) is 12.4. The van der Waals surface area contributed by atoms with Gasteiger partial charge in [0, 0.05) is 31.9 Å². The molecule has 1 aromatic carbocycles. The molecule has 6 heteroatoms. The second-order valence-electron chi connectivity index (χ2n) is 3.74. The summed E-state index contributed by atoms with van der Waals surface area (Å²) in [5.74, 6) is 0. The second-order valence-corrected chi connectivity index (χ2v) is 4.53. The van der Waals surface area contributed by atoms with E-state index in [-0.39, 0.29) is 5.63 Å².